The van der Waals surface area contributed by atoms with Gasteiger partial charge in [-0.25, -0.2) is 9.78 Å². The van der Waals surface area contributed by atoms with E-state index in [-0.39, 0.29) is 0 Å². The van der Waals surface area contributed by atoms with E-state index in [2.05, 4.69) is 4.98 Å². The maximum Gasteiger partial charge on any atom is 0.357 e. The first-order valence-electron chi connectivity index (χ1n) is 5.48. The lowest BCUT2D eigenvalue weighted by Crippen LogP contribution is -2.10. The molecule has 96 valence electrons. The van der Waals surface area contributed by atoms with Gasteiger partial charge in [0.15, 0.2) is 17.2 Å². The van der Waals surface area contributed by atoms with Crippen LogP contribution in [0.4, 0.5) is 0 Å². The number of methoxy groups -OCH3 is 1. The number of fused-ring (bicyclic) bond motifs is 1. The van der Waals surface area contributed by atoms with Crippen molar-refractivity contribution in [1.29, 1.82) is 0 Å². The number of pyridine rings is 1. The van der Waals surface area contributed by atoms with Crippen molar-refractivity contribution < 1.29 is 14.3 Å². The molecule has 0 aromatic carbocycles. The van der Waals surface area contributed by atoms with Gasteiger partial charge in [0.2, 0.25) is 0 Å². The van der Waals surface area contributed by atoms with Gasteiger partial charge in [0.05, 0.1) is 24.4 Å². The Hall–Kier alpha value is -1.75. The number of esters is 1. The molecular weight excluding hydrogens is 256 g/mol. The number of nitrogens with zero attached hydrogens (tertiary/aromatic N) is 2. The lowest BCUT2D eigenvalue weighted by molar-refractivity contribution is 0.0516. The van der Waals surface area contributed by atoms with Crippen LogP contribution >= 0.6 is 11.6 Å². The summed E-state index contributed by atoms with van der Waals surface area (Å²) in [5.41, 5.74) is 1.38. The summed E-state index contributed by atoms with van der Waals surface area (Å²) in [6, 6.07) is 3.36. The van der Waals surface area contributed by atoms with Gasteiger partial charge < -0.3 is 9.47 Å². The normalized spacial score (nSPS) is 10.7. The SMILES string of the molecule is CCOC(=O)c1c(C)nc2c(Cl)ccc(OC)n12. The second kappa shape index (κ2) is 4.86. The molecule has 2 aromatic heterocycles. The fourth-order valence-electron chi connectivity index (χ4n) is 1.80. The molecule has 2 heterocycles. The first-order chi connectivity index (χ1) is 8.60. The molecule has 0 bridgehead atoms. The molecule has 5 nitrogen and oxygen atoms in total. The number of imidazole rings is 1. The second-order valence-corrected chi connectivity index (χ2v) is 4.06. The minimum atomic E-state index is -0.442. The van der Waals surface area contributed by atoms with E-state index in [0.717, 1.165) is 0 Å². The van der Waals surface area contributed by atoms with Crippen molar-refractivity contribution in [2.24, 2.45) is 0 Å². The highest BCUT2D eigenvalue weighted by Gasteiger charge is 2.21. The van der Waals surface area contributed by atoms with Crippen LogP contribution in [0.5, 0.6) is 5.88 Å². The molecule has 0 N–H and O–H groups in total. The smallest absolute Gasteiger partial charge is 0.357 e. The highest BCUT2D eigenvalue weighted by atomic mass is 35.5. The van der Waals surface area contributed by atoms with Crippen molar-refractivity contribution in [2.45, 2.75) is 13.8 Å². The van der Waals surface area contributed by atoms with E-state index in [1.54, 1.807) is 30.4 Å². The predicted molar refractivity (Wildman–Crippen MR) is 67.4 cm³/mol. The van der Waals surface area contributed by atoms with Crippen molar-refractivity contribution in [1.82, 2.24) is 9.38 Å². The minimum absolute atomic E-state index is 0.300. The molecule has 0 atom stereocenters. The van der Waals surface area contributed by atoms with Gasteiger partial charge in [-0.1, -0.05) is 11.6 Å². The summed E-state index contributed by atoms with van der Waals surface area (Å²) in [6.45, 7) is 3.78. The number of rotatable bonds is 3. The molecule has 0 saturated heterocycles. The zero-order valence-electron chi connectivity index (χ0n) is 10.4. The van der Waals surface area contributed by atoms with Gasteiger partial charge >= 0.3 is 5.97 Å². The zero-order chi connectivity index (χ0) is 13.3. The Labute approximate surface area is 109 Å². The lowest BCUT2D eigenvalue weighted by Gasteiger charge is -2.08. The summed E-state index contributed by atoms with van der Waals surface area (Å²) in [4.78, 5) is 16.2. The van der Waals surface area contributed by atoms with Crippen LogP contribution < -0.4 is 4.74 Å². The Morgan fingerprint density at radius 1 is 1.50 bits per heavy atom. The largest absolute Gasteiger partial charge is 0.482 e. The lowest BCUT2D eigenvalue weighted by atomic mass is 10.3. The minimum Gasteiger partial charge on any atom is -0.482 e. The van der Waals surface area contributed by atoms with Crippen LogP contribution in [0.1, 0.15) is 23.1 Å². The molecule has 0 aliphatic rings. The molecule has 0 spiro atoms. The van der Waals surface area contributed by atoms with Crippen molar-refractivity contribution >= 4 is 23.2 Å². The van der Waals surface area contributed by atoms with E-state index in [1.807, 2.05) is 0 Å². The monoisotopic (exact) mass is 268 g/mol. The van der Waals surface area contributed by atoms with Crippen LogP contribution in [0.2, 0.25) is 5.02 Å². The zero-order valence-corrected chi connectivity index (χ0v) is 11.1. The van der Waals surface area contributed by atoms with Crippen LogP contribution in [0, 0.1) is 6.92 Å². The molecule has 0 saturated carbocycles. The second-order valence-electron chi connectivity index (χ2n) is 3.65. The van der Waals surface area contributed by atoms with Crippen LogP contribution in [-0.2, 0) is 4.74 Å². The molecule has 0 fully saturated rings. The molecule has 0 radical (unpaired) electrons. The Bertz CT molecular complexity index is 607. The molecule has 0 aliphatic carbocycles. The molecular formula is C12H13ClN2O3. The standard InChI is InChI=1S/C12H13ClN2O3/c1-4-18-12(16)10-7(2)14-11-8(13)5-6-9(17-3)15(10)11/h5-6H,4H2,1-3H3. The maximum atomic E-state index is 11.9. The van der Waals surface area contributed by atoms with Crippen LogP contribution in [0.25, 0.3) is 5.65 Å². The first kappa shape index (κ1) is 12.7. The van der Waals surface area contributed by atoms with E-state index < -0.39 is 5.97 Å². The van der Waals surface area contributed by atoms with Gasteiger partial charge in [0, 0.05) is 6.07 Å². The quantitative estimate of drug-likeness (QED) is 0.803. The Morgan fingerprint density at radius 3 is 2.83 bits per heavy atom. The fourth-order valence-corrected chi connectivity index (χ4v) is 1.99. The summed E-state index contributed by atoms with van der Waals surface area (Å²) in [5, 5.41) is 0.453. The number of aromatic nitrogens is 2. The average Bonchev–Trinajstić information content (AvgIpc) is 2.68. The van der Waals surface area contributed by atoms with Gasteiger partial charge in [0.25, 0.3) is 0 Å². The van der Waals surface area contributed by atoms with Crippen molar-refractivity contribution in [3.8, 4) is 5.88 Å². The third-order valence-corrected chi connectivity index (χ3v) is 2.83. The van der Waals surface area contributed by atoms with E-state index in [0.29, 0.717) is 34.5 Å². The molecule has 2 rings (SSSR count). The molecule has 2 aromatic rings. The summed E-state index contributed by atoms with van der Waals surface area (Å²) in [7, 11) is 1.52. The van der Waals surface area contributed by atoms with Gasteiger partial charge in [-0.05, 0) is 19.9 Å². The van der Waals surface area contributed by atoms with Crippen molar-refractivity contribution in [3.05, 3.63) is 28.5 Å². The van der Waals surface area contributed by atoms with Gasteiger partial charge in [-0.3, -0.25) is 4.40 Å². The Balaban J connectivity index is 2.76. The van der Waals surface area contributed by atoms with Gasteiger partial charge in [-0.2, -0.15) is 0 Å². The molecule has 0 aliphatic heterocycles. The number of aryl methyl sites for hydroxylation is 1. The number of halogens is 1. The third kappa shape index (κ3) is 1.90. The molecule has 0 amide bonds. The summed E-state index contributed by atoms with van der Waals surface area (Å²) in [5.74, 6) is 0.0427. The third-order valence-electron chi connectivity index (χ3n) is 2.54. The Kier molecular flexibility index (Phi) is 3.43. The van der Waals surface area contributed by atoms with Gasteiger partial charge in [-0.15, -0.1) is 0 Å². The first-order valence-corrected chi connectivity index (χ1v) is 5.86. The van der Waals surface area contributed by atoms with Crippen LogP contribution in [0.15, 0.2) is 12.1 Å². The molecule has 6 heteroatoms. The van der Waals surface area contributed by atoms with E-state index >= 15 is 0 Å². The van der Waals surface area contributed by atoms with Crippen LogP contribution in [-0.4, -0.2) is 29.1 Å². The maximum absolute atomic E-state index is 11.9. The summed E-state index contributed by atoms with van der Waals surface area (Å²) in [6.07, 6.45) is 0. The van der Waals surface area contributed by atoms with E-state index in [1.165, 1.54) is 7.11 Å². The molecule has 18 heavy (non-hydrogen) atoms. The van der Waals surface area contributed by atoms with E-state index in [9.17, 15) is 4.79 Å². The van der Waals surface area contributed by atoms with Crippen molar-refractivity contribution in [2.75, 3.05) is 13.7 Å². The Morgan fingerprint density at radius 2 is 2.22 bits per heavy atom. The van der Waals surface area contributed by atoms with Crippen molar-refractivity contribution in [3.63, 3.8) is 0 Å². The van der Waals surface area contributed by atoms with Crippen LogP contribution in [0.3, 0.4) is 0 Å². The summed E-state index contributed by atoms with van der Waals surface area (Å²) >= 11 is 6.06. The number of ether oxygens (including phenoxy) is 2. The number of carbonyl (C=O) groups is 1. The predicted octanol–water partition coefficient (Wildman–Crippen LogP) is 2.48. The average molecular weight is 269 g/mol. The fraction of sp³-hybridized carbons (Fsp3) is 0.333. The number of hydrogen-bond acceptors (Lipinski definition) is 4. The number of carbonyl (C=O) groups excluding carboxylic acids is 1. The highest BCUT2D eigenvalue weighted by Crippen LogP contribution is 2.26. The molecule has 0 unspecified atom stereocenters. The topological polar surface area (TPSA) is 52.8 Å². The highest BCUT2D eigenvalue weighted by molar-refractivity contribution is 6.33. The number of hydrogen-bond donors (Lipinski definition) is 0. The summed E-state index contributed by atoms with van der Waals surface area (Å²) < 4.78 is 11.8. The van der Waals surface area contributed by atoms with E-state index in [4.69, 9.17) is 21.1 Å². The van der Waals surface area contributed by atoms with Gasteiger partial charge in [0.1, 0.15) is 0 Å².